The van der Waals surface area contributed by atoms with Crippen molar-refractivity contribution in [3.05, 3.63) is 30.3 Å². The second kappa shape index (κ2) is 3.55. The number of aromatic amines is 1. The molecule has 3 N–H and O–H groups in total. The van der Waals surface area contributed by atoms with Gasteiger partial charge in [0, 0.05) is 23.0 Å². The molecular weight excluding hydrogens is 218 g/mol. The van der Waals surface area contributed by atoms with Crippen LogP contribution in [0.15, 0.2) is 34.9 Å². The summed E-state index contributed by atoms with van der Waals surface area (Å²) >= 11 is 0. The summed E-state index contributed by atoms with van der Waals surface area (Å²) in [6, 6.07) is 9.50. The fourth-order valence-corrected chi connectivity index (χ4v) is 1.79. The van der Waals surface area contributed by atoms with Crippen molar-refractivity contribution in [3.8, 4) is 17.1 Å². The smallest absolute Gasteiger partial charge is 0.222 e. The van der Waals surface area contributed by atoms with Crippen molar-refractivity contribution in [3.63, 3.8) is 0 Å². The number of rotatable bonds is 2. The number of hydrogen-bond donors (Lipinski definition) is 2. The minimum Gasteiger partial charge on any atom is -0.497 e. The summed E-state index contributed by atoms with van der Waals surface area (Å²) in [5, 5.41) is 4.95. The van der Waals surface area contributed by atoms with E-state index in [1.54, 1.807) is 13.2 Å². The standard InChI is InChI=1S/C12H11N3O2/c1-16-8-3-2-7-4-10(14-9(7)5-8)11-6-12(13)17-15-11/h2-6,14H,13H2,1H3. The van der Waals surface area contributed by atoms with Crippen molar-refractivity contribution in [1.82, 2.24) is 10.1 Å². The summed E-state index contributed by atoms with van der Waals surface area (Å²) in [6.45, 7) is 0. The van der Waals surface area contributed by atoms with E-state index in [-0.39, 0.29) is 0 Å². The van der Waals surface area contributed by atoms with Crippen LogP contribution in [0.3, 0.4) is 0 Å². The van der Waals surface area contributed by atoms with Crippen molar-refractivity contribution in [2.24, 2.45) is 0 Å². The van der Waals surface area contributed by atoms with E-state index in [0.717, 1.165) is 22.3 Å². The minimum atomic E-state index is 0.302. The first-order valence-electron chi connectivity index (χ1n) is 5.15. The Morgan fingerprint density at radius 1 is 1.29 bits per heavy atom. The van der Waals surface area contributed by atoms with E-state index < -0.39 is 0 Å². The third-order valence-corrected chi connectivity index (χ3v) is 2.63. The lowest BCUT2D eigenvalue weighted by atomic mass is 10.2. The van der Waals surface area contributed by atoms with Crippen molar-refractivity contribution in [2.45, 2.75) is 0 Å². The van der Waals surface area contributed by atoms with Gasteiger partial charge in [-0.3, -0.25) is 0 Å². The molecule has 1 aromatic carbocycles. The van der Waals surface area contributed by atoms with E-state index in [2.05, 4.69) is 10.1 Å². The normalized spacial score (nSPS) is 10.9. The summed E-state index contributed by atoms with van der Waals surface area (Å²) in [4.78, 5) is 3.24. The molecule has 0 spiro atoms. The minimum absolute atomic E-state index is 0.302. The number of nitrogens with one attached hydrogen (secondary N) is 1. The Bertz CT molecular complexity index is 669. The summed E-state index contributed by atoms with van der Waals surface area (Å²) in [6.07, 6.45) is 0. The Hall–Kier alpha value is -2.43. The number of nitrogens with two attached hydrogens (primary N) is 1. The number of fused-ring (bicyclic) bond motifs is 1. The van der Waals surface area contributed by atoms with Gasteiger partial charge in [-0.05, 0) is 18.2 Å². The molecule has 0 bridgehead atoms. The van der Waals surface area contributed by atoms with Gasteiger partial charge in [-0.1, -0.05) is 5.16 Å². The van der Waals surface area contributed by atoms with Gasteiger partial charge in [-0.15, -0.1) is 0 Å². The fraction of sp³-hybridized carbons (Fsp3) is 0.0833. The average Bonchev–Trinajstić information content (AvgIpc) is 2.93. The zero-order valence-corrected chi connectivity index (χ0v) is 9.23. The van der Waals surface area contributed by atoms with Gasteiger partial charge in [-0.2, -0.15) is 0 Å². The third-order valence-electron chi connectivity index (χ3n) is 2.63. The SMILES string of the molecule is COc1ccc2cc(-c3cc(N)on3)[nH]c2c1. The summed E-state index contributed by atoms with van der Waals surface area (Å²) in [5.41, 5.74) is 8.04. The number of methoxy groups -OCH3 is 1. The molecule has 0 fully saturated rings. The van der Waals surface area contributed by atoms with E-state index in [0.29, 0.717) is 11.6 Å². The van der Waals surface area contributed by atoms with E-state index in [1.165, 1.54) is 0 Å². The zero-order valence-electron chi connectivity index (χ0n) is 9.23. The van der Waals surface area contributed by atoms with Crippen molar-refractivity contribution in [1.29, 1.82) is 0 Å². The molecule has 0 amide bonds. The second-order valence-corrected chi connectivity index (χ2v) is 3.75. The lowest BCUT2D eigenvalue weighted by molar-refractivity contribution is 0.415. The van der Waals surface area contributed by atoms with Gasteiger partial charge in [0.25, 0.3) is 0 Å². The highest BCUT2D eigenvalue weighted by Gasteiger charge is 2.08. The molecule has 5 nitrogen and oxygen atoms in total. The van der Waals surface area contributed by atoms with Crippen LogP contribution in [0.1, 0.15) is 0 Å². The van der Waals surface area contributed by atoms with Crippen LogP contribution >= 0.6 is 0 Å². The number of nitrogen functional groups attached to an aromatic ring is 1. The maximum Gasteiger partial charge on any atom is 0.222 e. The number of H-pyrrole nitrogens is 1. The van der Waals surface area contributed by atoms with Gasteiger partial charge >= 0.3 is 0 Å². The van der Waals surface area contributed by atoms with Crippen LogP contribution in [-0.4, -0.2) is 17.3 Å². The van der Waals surface area contributed by atoms with Gasteiger partial charge in [-0.25, -0.2) is 0 Å². The average molecular weight is 229 g/mol. The van der Waals surface area contributed by atoms with Gasteiger partial charge in [0.15, 0.2) is 0 Å². The highest BCUT2D eigenvalue weighted by atomic mass is 16.5. The van der Waals surface area contributed by atoms with Gasteiger partial charge in [0.1, 0.15) is 11.4 Å². The van der Waals surface area contributed by atoms with Crippen molar-refractivity contribution in [2.75, 3.05) is 12.8 Å². The van der Waals surface area contributed by atoms with E-state index >= 15 is 0 Å². The first-order chi connectivity index (χ1) is 8.26. The molecular formula is C12H11N3O2. The molecule has 2 aromatic heterocycles. The predicted octanol–water partition coefficient (Wildman–Crippen LogP) is 2.41. The first-order valence-corrected chi connectivity index (χ1v) is 5.15. The molecule has 2 heterocycles. The van der Waals surface area contributed by atoms with E-state index in [1.807, 2.05) is 24.3 Å². The van der Waals surface area contributed by atoms with Crippen molar-refractivity contribution >= 4 is 16.8 Å². The Kier molecular flexibility index (Phi) is 2.04. The van der Waals surface area contributed by atoms with E-state index in [4.69, 9.17) is 15.0 Å². The predicted molar refractivity (Wildman–Crippen MR) is 64.8 cm³/mol. The lowest BCUT2D eigenvalue weighted by Crippen LogP contribution is -1.81. The zero-order chi connectivity index (χ0) is 11.8. The topological polar surface area (TPSA) is 77.1 Å². The third kappa shape index (κ3) is 1.61. The highest BCUT2D eigenvalue weighted by Crippen LogP contribution is 2.26. The number of aromatic nitrogens is 2. The Morgan fingerprint density at radius 2 is 2.18 bits per heavy atom. The molecule has 0 aliphatic heterocycles. The monoisotopic (exact) mass is 229 g/mol. The van der Waals surface area contributed by atoms with Gasteiger partial charge < -0.3 is 20.0 Å². The second-order valence-electron chi connectivity index (χ2n) is 3.75. The maximum atomic E-state index is 5.49. The largest absolute Gasteiger partial charge is 0.497 e. The molecule has 5 heteroatoms. The summed E-state index contributed by atoms with van der Waals surface area (Å²) in [7, 11) is 1.64. The quantitative estimate of drug-likeness (QED) is 0.707. The lowest BCUT2D eigenvalue weighted by Gasteiger charge is -1.97. The Balaban J connectivity index is 2.13. The van der Waals surface area contributed by atoms with Crippen LogP contribution in [0.25, 0.3) is 22.3 Å². The fourth-order valence-electron chi connectivity index (χ4n) is 1.79. The molecule has 86 valence electrons. The molecule has 0 unspecified atom stereocenters. The first kappa shape index (κ1) is 9.77. The molecule has 0 saturated heterocycles. The van der Waals surface area contributed by atoms with Crippen LogP contribution in [-0.2, 0) is 0 Å². The van der Waals surface area contributed by atoms with Gasteiger partial charge in [0.05, 0.1) is 12.8 Å². The maximum absolute atomic E-state index is 5.49. The molecule has 0 saturated carbocycles. The summed E-state index contributed by atoms with van der Waals surface area (Å²) < 4.78 is 10.0. The highest BCUT2D eigenvalue weighted by molar-refractivity contribution is 5.86. The van der Waals surface area contributed by atoms with Crippen LogP contribution < -0.4 is 10.5 Å². The van der Waals surface area contributed by atoms with E-state index in [9.17, 15) is 0 Å². The van der Waals surface area contributed by atoms with Crippen molar-refractivity contribution < 1.29 is 9.26 Å². The van der Waals surface area contributed by atoms with Crippen LogP contribution in [0.5, 0.6) is 5.75 Å². The summed E-state index contributed by atoms with van der Waals surface area (Å²) in [5.74, 6) is 1.11. The molecule has 0 radical (unpaired) electrons. The number of benzene rings is 1. The molecule has 17 heavy (non-hydrogen) atoms. The molecule has 0 aliphatic carbocycles. The number of hydrogen-bond acceptors (Lipinski definition) is 4. The molecule has 0 atom stereocenters. The van der Waals surface area contributed by atoms with Crippen LogP contribution in [0.2, 0.25) is 0 Å². The Morgan fingerprint density at radius 3 is 2.88 bits per heavy atom. The van der Waals surface area contributed by atoms with Crippen LogP contribution in [0.4, 0.5) is 5.88 Å². The van der Waals surface area contributed by atoms with Crippen LogP contribution in [0, 0.1) is 0 Å². The number of nitrogens with zero attached hydrogens (tertiary/aromatic N) is 1. The molecule has 3 rings (SSSR count). The van der Waals surface area contributed by atoms with Gasteiger partial charge in [0.2, 0.25) is 5.88 Å². The Labute approximate surface area is 97.2 Å². The molecule has 0 aliphatic rings. The number of ether oxygens (including phenoxy) is 1. The molecule has 3 aromatic rings. The number of anilines is 1.